The first kappa shape index (κ1) is 26.6. The maximum Gasteiger partial charge on any atom is 0.302 e. The summed E-state index contributed by atoms with van der Waals surface area (Å²) in [5.41, 5.74) is 0. The van der Waals surface area contributed by atoms with Crippen molar-refractivity contribution in [2.75, 3.05) is 6.61 Å². The number of hydrogen-bond acceptors (Lipinski definition) is 4. The number of carbonyl (C=O) groups excluding carboxylic acids is 1. The predicted octanol–water partition coefficient (Wildman–Crippen LogP) is 5.89. The fourth-order valence-electron chi connectivity index (χ4n) is 4.17. The van der Waals surface area contributed by atoms with Gasteiger partial charge < -0.3 is 14.9 Å². The first-order valence-electron chi connectivity index (χ1n) is 12.0. The molecule has 2 N–H and O–H groups in total. The third-order valence-electron chi connectivity index (χ3n) is 5.88. The van der Waals surface area contributed by atoms with Crippen LogP contribution in [0.15, 0.2) is 36.5 Å². The molecule has 1 aliphatic rings. The Kier molecular flexibility index (Phi) is 15.4. The Morgan fingerprint density at radius 3 is 2.47 bits per heavy atom. The van der Waals surface area contributed by atoms with Crippen molar-refractivity contribution in [1.29, 1.82) is 0 Å². The highest BCUT2D eigenvalue weighted by atomic mass is 16.5. The van der Waals surface area contributed by atoms with Crippen LogP contribution in [-0.2, 0) is 9.53 Å². The molecule has 0 saturated carbocycles. The van der Waals surface area contributed by atoms with Crippen LogP contribution in [0.4, 0.5) is 0 Å². The van der Waals surface area contributed by atoms with E-state index >= 15 is 0 Å². The fourth-order valence-corrected chi connectivity index (χ4v) is 4.17. The van der Waals surface area contributed by atoms with Gasteiger partial charge in [-0.25, -0.2) is 0 Å². The second-order valence-corrected chi connectivity index (χ2v) is 8.53. The van der Waals surface area contributed by atoms with Crippen molar-refractivity contribution in [3.8, 4) is 0 Å². The Hall–Kier alpha value is -1.39. The standard InChI is InChI=1S/C26H44O4/c1-3-4-5-6-7-8-17-24(29)18-11-9-15-23-16-10-12-19-25(23)26(30-22(2)28)20-13-14-21-27/h9-12,15,18,23-27,29H,3-8,13-14,16-17,19-21H2,1-2H3/b15-9+,18-11+/t23-,24?,25-,26?/m1/s1. The molecule has 172 valence electrons. The Balaban J connectivity index is 2.50. The quantitative estimate of drug-likeness (QED) is 0.141. The Labute approximate surface area is 184 Å². The van der Waals surface area contributed by atoms with Crippen molar-refractivity contribution in [3.63, 3.8) is 0 Å². The molecule has 4 atom stereocenters. The van der Waals surface area contributed by atoms with Gasteiger partial charge >= 0.3 is 5.97 Å². The second kappa shape index (κ2) is 17.3. The molecule has 0 aromatic rings. The van der Waals surface area contributed by atoms with E-state index in [0.29, 0.717) is 5.92 Å². The maximum atomic E-state index is 11.6. The molecule has 0 amide bonds. The van der Waals surface area contributed by atoms with Crippen LogP contribution in [0, 0.1) is 11.8 Å². The highest BCUT2D eigenvalue weighted by molar-refractivity contribution is 5.66. The van der Waals surface area contributed by atoms with Crippen molar-refractivity contribution in [1.82, 2.24) is 0 Å². The molecule has 0 fully saturated rings. The monoisotopic (exact) mass is 420 g/mol. The predicted molar refractivity (Wildman–Crippen MR) is 124 cm³/mol. The molecule has 0 bridgehead atoms. The van der Waals surface area contributed by atoms with Crippen LogP contribution >= 0.6 is 0 Å². The minimum atomic E-state index is -0.379. The van der Waals surface area contributed by atoms with Gasteiger partial charge in [0.1, 0.15) is 6.10 Å². The lowest BCUT2D eigenvalue weighted by molar-refractivity contribution is -0.150. The fraction of sp³-hybridized carbons (Fsp3) is 0.731. The molecule has 0 heterocycles. The van der Waals surface area contributed by atoms with E-state index in [1.807, 2.05) is 18.2 Å². The largest absolute Gasteiger partial charge is 0.462 e. The highest BCUT2D eigenvalue weighted by Gasteiger charge is 2.30. The molecule has 1 rings (SSSR count). The first-order chi connectivity index (χ1) is 14.6. The lowest BCUT2D eigenvalue weighted by Crippen LogP contribution is -2.32. The van der Waals surface area contributed by atoms with Crippen LogP contribution in [0.2, 0.25) is 0 Å². The lowest BCUT2D eigenvalue weighted by Gasteiger charge is -2.33. The van der Waals surface area contributed by atoms with Gasteiger partial charge in [0, 0.05) is 19.4 Å². The molecule has 0 aliphatic heterocycles. The molecule has 0 aromatic heterocycles. The smallest absolute Gasteiger partial charge is 0.302 e. The van der Waals surface area contributed by atoms with Gasteiger partial charge in [0.25, 0.3) is 0 Å². The van der Waals surface area contributed by atoms with Gasteiger partial charge in [-0.3, -0.25) is 4.79 Å². The number of rotatable bonds is 16. The van der Waals surface area contributed by atoms with Crippen LogP contribution < -0.4 is 0 Å². The van der Waals surface area contributed by atoms with Gasteiger partial charge in [-0.15, -0.1) is 0 Å². The van der Waals surface area contributed by atoms with Crippen LogP contribution in [0.5, 0.6) is 0 Å². The molecule has 4 nitrogen and oxygen atoms in total. The van der Waals surface area contributed by atoms with E-state index in [2.05, 4.69) is 25.2 Å². The zero-order chi connectivity index (χ0) is 22.0. The van der Waals surface area contributed by atoms with Crippen molar-refractivity contribution < 1.29 is 19.7 Å². The van der Waals surface area contributed by atoms with Crippen LogP contribution in [0.1, 0.15) is 90.9 Å². The average Bonchev–Trinajstić information content (AvgIpc) is 2.73. The molecule has 0 aromatic carbocycles. The number of unbranched alkanes of at least 4 members (excludes halogenated alkanes) is 6. The van der Waals surface area contributed by atoms with Crippen molar-refractivity contribution in [3.05, 3.63) is 36.5 Å². The molecule has 2 unspecified atom stereocenters. The Morgan fingerprint density at radius 2 is 1.73 bits per heavy atom. The van der Waals surface area contributed by atoms with E-state index in [1.165, 1.54) is 39.0 Å². The number of hydrogen-bond donors (Lipinski definition) is 2. The molecular formula is C26H44O4. The van der Waals surface area contributed by atoms with E-state index in [0.717, 1.165) is 44.9 Å². The summed E-state index contributed by atoms with van der Waals surface area (Å²) in [5, 5.41) is 19.2. The summed E-state index contributed by atoms with van der Waals surface area (Å²) >= 11 is 0. The van der Waals surface area contributed by atoms with Crippen LogP contribution in [0.3, 0.4) is 0 Å². The van der Waals surface area contributed by atoms with Gasteiger partial charge in [-0.1, -0.05) is 81.9 Å². The third-order valence-corrected chi connectivity index (χ3v) is 5.88. The lowest BCUT2D eigenvalue weighted by atomic mass is 9.78. The minimum Gasteiger partial charge on any atom is -0.462 e. The summed E-state index contributed by atoms with van der Waals surface area (Å²) in [7, 11) is 0. The van der Waals surface area contributed by atoms with Crippen molar-refractivity contribution in [2.24, 2.45) is 11.8 Å². The molecule has 0 saturated heterocycles. The number of ether oxygens (including phenoxy) is 1. The first-order valence-corrected chi connectivity index (χ1v) is 12.0. The molecule has 0 radical (unpaired) electrons. The van der Waals surface area contributed by atoms with Crippen molar-refractivity contribution >= 4 is 5.97 Å². The number of aliphatic hydroxyl groups excluding tert-OH is 2. The Morgan fingerprint density at radius 1 is 1.03 bits per heavy atom. The van der Waals surface area contributed by atoms with Crippen molar-refractivity contribution in [2.45, 2.75) is 103 Å². The number of carbonyl (C=O) groups is 1. The second-order valence-electron chi connectivity index (χ2n) is 8.53. The van der Waals surface area contributed by atoms with Gasteiger partial charge in [0.2, 0.25) is 0 Å². The van der Waals surface area contributed by atoms with Crippen LogP contribution in [-0.4, -0.2) is 35.0 Å². The number of esters is 1. The summed E-state index contributed by atoms with van der Waals surface area (Å²) < 4.78 is 5.64. The number of aliphatic hydroxyl groups is 2. The molecule has 1 aliphatic carbocycles. The SMILES string of the molecule is CCCCCCCCC(O)/C=C/C=C/[C@@H]1CC=CC[C@H]1C(CCCCO)OC(C)=O. The molecule has 4 heteroatoms. The zero-order valence-corrected chi connectivity index (χ0v) is 19.2. The summed E-state index contributed by atoms with van der Waals surface area (Å²) in [6.45, 7) is 3.87. The van der Waals surface area contributed by atoms with Gasteiger partial charge in [0.15, 0.2) is 0 Å². The van der Waals surface area contributed by atoms with Gasteiger partial charge in [-0.05, 0) is 44.4 Å². The third kappa shape index (κ3) is 12.3. The zero-order valence-electron chi connectivity index (χ0n) is 19.2. The molecular weight excluding hydrogens is 376 g/mol. The van der Waals surface area contributed by atoms with E-state index in [1.54, 1.807) is 0 Å². The highest BCUT2D eigenvalue weighted by Crippen LogP contribution is 2.33. The van der Waals surface area contributed by atoms with Gasteiger partial charge in [0.05, 0.1) is 6.10 Å². The number of allylic oxidation sites excluding steroid dienone is 5. The summed E-state index contributed by atoms with van der Waals surface area (Å²) in [6, 6.07) is 0. The van der Waals surface area contributed by atoms with Gasteiger partial charge in [-0.2, -0.15) is 0 Å². The van der Waals surface area contributed by atoms with Crippen LogP contribution in [0.25, 0.3) is 0 Å². The maximum absolute atomic E-state index is 11.6. The summed E-state index contributed by atoms with van der Waals surface area (Å²) in [6.07, 6.45) is 24.4. The minimum absolute atomic E-state index is 0.115. The van der Waals surface area contributed by atoms with E-state index in [9.17, 15) is 9.90 Å². The summed E-state index contributed by atoms with van der Waals surface area (Å²) in [4.78, 5) is 11.6. The van der Waals surface area contributed by atoms with E-state index in [4.69, 9.17) is 9.84 Å². The van der Waals surface area contributed by atoms with E-state index < -0.39 is 0 Å². The summed E-state index contributed by atoms with van der Waals surface area (Å²) in [5.74, 6) is 0.336. The average molecular weight is 421 g/mol. The normalized spacial score (nSPS) is 21.3. The topological polar surface area (TPSA) is 66.8 Å². The Bertz CT molecular complexity index is 523. The molecule has 30 heavy (non-hydrogen) atoms. The van der Waals surface area contributed by atoms with E-state index in [-0.39, 0.29) is 30.7 Å². The molecule has 0 spiro atoms.